The fraction of sp³-hybridized carbons (Fsp3) is 0.714. The molecule has 0 bridgehead atoms. The van der Waals surface area contributed by atoms with Gasteiger partial charge in [-0.3, -0.25) is 0 Å². The second-order valence-corrected chi connectivity index (χ2v) is 3.94. The van der Waals surface area contributed by atoms with Crippen LogP contribution in [0, 0.1) is 5.92 Å². The quantitative estimate of drug-likeness (QED) is 0.697. The van der Waals surface area contributed by atoms with Gasteiger partial charge in [-0.2, -0.15) is 13.2 Å². The van der Waals surface area contributed by atoms with Crippen LogP contribution in [0.5, 0.6) is 0 Å². The molecule has 1 rings (SSSR count). The Kier molecular flexibility index (Phi) is 2.73. The summed E-state index contributed by atoms with van der Waals surface area (Å²) in [7, 11) is 0. The van der Waals surface area contributed by atoms with E-state index in [1.54, 1.807) is 18.4 Å². The molecular formula is C7H10F3NS. The van der Waals surface area contributed by atoms with E-state index in [4.69, 9.17) is 5.73 Å². The van der Waals surface area contributed by atoms with E-state index in [9.17, 15) is 13.2 Å². The first-order chi connectivity index (χ1) is 5.43. The van der Waals surface area contributed by atoms with Gasteiger partial charge in [0.2, 0.25) is 0 Å². The molecule has 3 unspecified atom stereocenters. The lowest BCUT2D eigenvalue weighted by atomic mass is 10.0. The van der Waals surface area contributed by atoms with Gasteiger partial charge in [0.25, 0.3) is 0 Å². The van der Waals surface area contributed by atoms with Crippen LogP contribution in [-0.4, -0.2) is 17.5 Å². The summed E-state index contributed by atoms with van der Waals surface area (Å²) < 4.78 is 36.3. The standard InChI is InChI=1S/C7H10F3NS/c1-4-2-3-12-5(4)6(11)7(8,9)10/h2-6H,11H2,1H3. The van der Waals surface area contributed by atoms with Gasteiger partial charge in [0, 0.05) is 5.25 Å². The third kappa shape index (κ3) is 1.95. The van der Waals surface area contributed by atoms with Crippen LogP contribution >= 0.6 is 11.8 Å². The minimum atomic E-state index is -4.28. The molecule has 0 radical (unpaired) electrons. The lowest BCUT2D eigenvalue weighted by Crippen LogP contribution is -2.46. The van der Waals surface area contributed by atoms with Crippen molar-refractivity contribution < 1.29 is 13.2 Å². The smallest absolute Gasteiger partial charge is 0.319 e. The van der Waals surface area contributed by atoms with Gasteiger partial charge in [-0.25, -0.2) is 0 Å². The van der Waals surface area contributed by atoms with Crippen molar-refractivity contribution in [3.05, 3.63) is 11.5 Å². The van der Waals surface area contributed by atoms with Crippen LogP contribution in [-0.2, 0) is 0 Å². The Morgan fingerprint density at radius 3 is 2.42 bits per heavy atom. The molecule has 1 heterocycles. The molecule has 0 saturated heterocycles. The van der Waals surface area contributed by atoms with Crippen molar-refractivity contribution in [3.63, 3.8) is 0 Å². The average molecular weight is 197 g/mol. The second kappa shape index (κ2) is 3.30. The summed E-state index contributed by atoms with van der Waals surface area (Å²) >= 11 is 1.16. The van der Waals surface area contributed by atoms with Crippen molar-refractivity contribution in [1.82, 2.24) is 0 Å². The molecule has 0 aromatic rings. The fourth-order valence-electron chi connectivity index (χ4n) is 1.09. The van der Waals surface area contributed by atoms with E-state index in [1.807, 2.05) is 0 Å². The maximum atomic E-state index is 12.1. The highest BCUT2D eigenvalue weighted by Gasteiger charge is 2.44. The van der Waals surface area contributed by atoms with E-state index in [0.29, 0.717) is 0 Å². The predicted octanol–water partition coefficient (Wildman–Crippen LogP) is 2.14. The summed E-state index contributed by atoms with van der Waals surface area (Å²) in [4.78, 5) is 0. The molecule has 0 spiro atoms. The van der Waals surface area contributed by atoms with Gasteiger partial charge >= 0.3 is 6.18 Å². The lowest BCUT2D eigenvalue weighted by molar-refractivity contribution is -0.148. The first-order valence-electron chi connectivity index (χ1n) is 3.57. The number of alkyl halides is 3. The van der Waals surface area contributed by atoms with E-state index in [2.05, 4.69) is 0 Å². The summed E-state index contributed by atoms with van der Waals surface area (Å²) in [6.07, 6.45) is -2.53. The minimum Gasteiger partial charge on any atom is -0.319 e. The maximum absolute atomic E-state index is 12.1. The Labute approximate surface area is 73.2 Å². The van der Waals surface area contributed by atoms with Crippen LogP contribution in [0.2, 0.25) is 0 Å². The molecule has 0 fully saturated rings. The molecule has 0 aromatic heterocycles. The summed E-state index contributed by atoms with van der Waals surface area (Å²) in [6.45, 7) is 1.74. The van der Waals surface area contributed by atoms with Crippen LogP contribution in [0.25, 0.3) is 0 Å². The van der Waals surface area contributed by atoms with Gasteiger partial charge in [-0.15, -0.1) is 11.8 Å². The van der Waals surface area contributed by atoms with Gasteiger partial charge in [0.15, 0.2) is 0 Å². The lowest BCUT2D eigenvalue weighted by Gasteiger charge is -2.24. The average Bonchev–Trinajstić information content (AvgIpc) is 2.31. The zero-order chi connectivity index (χ0) is 9.35. The number of nitrogens with two attached hydrogens (primary N) is 1. The summed E-state index contributed by atoms with van der Waals surface area (Å²) in [5.74, 6) is -0.0911. The molecular weight excluding hydrogens is 187 g/mol. The zero-order valence-corrected chi connectivity index (χ0v) is 7.32. The largest absolute Gasteiger partial charge is 0.404 e. The number of halogens is 3. The fourth-order valence-corrected chi connectivity index (χ4v) is 2.27. The SMILES string of the molecule is CC1C=CSC1C(N)C(F)(F)F. The molecule has 5 heteroatoms. The van der Waals surface area contributed by atoms with Crippen molar-refractivity contribution in [3.8, 4) is 0 Å². The number of rotatable bonds is 1. The van der Waals surface area contributed by atoms with E-state index < -0.39 is 17.5 Å². The third-order valence-corrected chi connectivity index (χ3v) is 3.22. The number of hydrogen-bond acceptors (Lipinski definition) is 2. The number of thioether (sulfide) groups is 1. The molecule has 3 atom stereocenters. The van der Waals surface area contributed by atoms with E-state index in [0.717, 1.165) is 11.8 Å². The first kappa shape index (κ1) is 9.92. The van der Waals surface area contributed by atoms with Crippen LogP contribution in [0.1, 0.15) is 6.92 Å². The Balaban J connectivity index is 2.60. The van der Waals surface area contributed by atoms with Crippen molar-refractivity contribution in [2.45, 2.75) is 24.4 Å². The van der Waals surface area contributed by atoms with Crippen LogP contribution in [0.15, 0.2) is 11.5 Å². The maximum Gasteiger partial charge on any atom is 0.404 e. The van der Waals surface area contributed by atoms with E-state index in [1.165, 1.54) is 0 Å². The van der Waals surface area contributed by atoms with Crippen molar-refractivity contribution in [1.29, 1.82) is 0 Å². The number of allylic oxidation sites excluding steroid dienone is 1. The van der Waals surface area contributed by atoms with Gasteiger partial charge < -0.3 is 5.73 Å². The van der Waals surface area contributed by atoms with Gasteiger partial charge in [-0.1, -0.05) is 13.0 Å². The molecule has 2 N–H and O–H groups in total. The second-order valence-electron chi connectivity index (χ2n) is 2.86. The molecule has 1 aliphatic heterocycles. The Bertz CT molecular complexity index is 190. The molecule has 1 aliphatic rings. The van der Waals surface area contributed by atoms with E-state index in [-0.39, 0.29) is 5.92 Å². The molecule has 1 nitrogen and oxygen atoms in total. The first-order valence-corrected chi connectivity index (χ1v) is 4.51. The monoisotopic (exact) mass is 197 g/mol. The topological polar surface area (TPSA) is 26.0 Å². The van der Waals surface area contributed by atoms with Crippen LogP contribution in [0.3, 0.4) is 0 Å². The van der Waals surface area contributed by atoms with E-state index >= 15 is 0 Å². The highest BCUT2D eigenvalue weighted by molar-refractivity contribution is 8.03. The van der Waals surface area contributed by atoms with Crippen molar-refractivity contribution in [2.24, 2.45) is 11.7 Å². The Hall–Kier alpha value is -0.160. The normalized spacial score (nSPS) is 32.4. The van der Waals surface area contributed by atoms with Crippen LogP contribution in [0.4, 0.5) is 13.2 Å². The van der Waals surface area contributed by atoms with Crippen molar-refractivity contribution >= 4 is 11.8 Å². The Morgan fingerprint density at radius 1 is 1.50 bits per heavy atom. The van der Waals surface area contributed by atoms with Gasteiger partial charge in [0.1, 0.15) is 6.04 Å². The highest BCUT2D eigenvalue weighted by Crippen LogP contribution is 2.36. The molecule has 12 heavy (non-hydrogen) atoms. The molecule has 0 saturated carbocycles. The third-order valence-electron chi connectivity index (χ3n) is 1.87. The summed E-state index contributed by atoms with van der Waals surface area (Å²) in [5.41, 5.74) is 5.06. The molecule has 0 amide bonds. The number of hydrogen-bond donors (Lipinski definition) is 1. The van der Waals surface area contributed by atoms with Gasteiger partial charge in [0.05, 0.1) is 0 Å². The molecule has 0 aromatic carbocycles. The van der Waals surface area contributed by atoms with Gasteiger partial charge in [-0.05, 0) is 11.3 Å². The summed E-state index contributed by atoms with van der Waals surface area (Å²) in [6, 6.07) is -1.72. The summed E-state index contributed by atoms with van der Waals surface area (Å²) in [5, 5.41) is 1.13. The Morgan fingerprint density at radius 2 is 2.08 bits per heavy atom. The zero-order valence-electron chi connectivity index (χ0n) is 6.51. The van der Waals surface area contributed by atoms with Crippen LogP contribution < -0.4 is 5.73 Å². The highest BCUT2D eigenvalue weighted by atomic mass is 32.2. The minimum absolute atomic E-state index is 0.0911. The molecule has 0 aliphatic carbocycles. The van der Waals surface area contributed by atoms with Crippen molar-refractivity contribution in [2.75, 3.05) is 0 Å². The molecule has 70 valence electrons. The predicted molar refractivity (Wildman–Crippen MR) is 43.7 cm³/mol.